The van der Waals surface area contributed by atoms with Crippen molar-refractivity contribution in [1.82, 2.24) is 14.3 Å². The first-order chi connectivity index (χ1) is 16.1. The third kappa shape index (κ3) is 4.32. The zero-order valence-corrected chi connectivity index (χ0v) is 22.7. The van der Waals surface area contributed by atoms with Gasteiger partial charge < -0.3 is 4.90 Å². The summed E-state index contributed by atoms with van der Waals surface area (Å²) < 4.78 is 28.1. The van der Waals surface area contributed by atoms with Crippen LogP contribution in [0.15, 0.2) is 23.1 Å². The number of hydrogen-bond donors (Lipinski definition) is 0. The number of sulfonamides is 1. The van der Waals surface area contributed by atoms with Crippen molar-refractivity contribution in [2.75, 3.05) is 31.1 Å². The van der Waals surface area contributed by atoms with Gasteiger partial charge in [-0.15, -0.1) is 11.3 Å². The van der Waals surface area contributed by atoms with Gasteiger partial charge in [-0.25, -0.2) is 18.4 Å². The fraction of sp³-hybridized carbons (Fsp3) is 0.500. The zero-order chi connectivity index (χ0) is 24.2. The van der Waals surface area contributed by atoms with E-state index in [2.05, 4.69) is 25.7 Å². The van der Waals surface area contributed by atoms with E-state index in [1.807, 2.05) is 0 Å². The first kappa shape index (κ1) is 24.3. The minimum absolute atomic E-state index is 0.0580. The second-order valence-electron chi connectivity index (χ2n) is 9.56. The van der Waals surface area contributed by atoms with Crippen LogP contribution in [0.4, 0.5) is 5.82 Å². The first-order valence-electron chi connectivity index (χ1n) is 11.7. The van der Waals surface area contributed by atoms with Crippen LogP contribution in [0, 0.1) is 5.92 Å². The van der Waals surface area contributed by atoms with E-state index in [0.717, 1.165) is 29.3 Å². The lowest BCUT2D eigenvalue weighted by atomic mass is 9.89. The van der Waals surface area contributed by atoms with Crippen LogP contribution in [0.25, 0.3) is 10.2 Å². The van der Waals surface area contributed by atoms with Crippen LogP contribution in [0.1, 0.15) is 49.4 Å². The molecule has 2 aromatic heterocycles. The molecule has 5 rings (SSSR count). The topological polar surface area (TPSA) is 66.4 Å². The van der Waals surface area contributed by atoms with Gasteiger partial charge in [0.25, 0.3) is 0 Å². The summed E-state index contributed by atoms with van der Waals surface area (Å²) >= 11 is 14.1. The van der Waals surface area contributed by atoms with Crippen LogP contribution in [-0.4, -0.2) is 48.9 Å². The van der Waals surface area contributed by atoms with Crippen molar-refractivity contribution in [3.63, 3.8) is 0 Å². The number of aryl methyl sites for hydroxylation is 1. The van der Waals surface area contributed by atoms with Crippen LogP contribution >= 0.6 is 34.5 Å². The fourth-order valence-electron chi connectivity index (χ4n) is 4.78. The number of benzene rings is 1. The number of aromatic nitrogens is 2. The van der Waals surface area contributed by atoms with Crippen LogP contribution in [-0.2, 0) is 22.9 Å². The molecule has 0 spiro atoms. The Labute approximate surface area is 215 Å². The highest BCUT2D eigenvalue weighted by Gasteiger charge is 2.33. The smallest absolute Gasteiger partial charge is 0.244 e. The van der Waals surface area contributed by atoms with Crippen molar-refractivity contribution in [1.29, 1.82) is 0 Å². The van der Waals surface area contributed by atoms with E-state index in [0.29, 0.717) is 37.1 Å². The zero-order valence-electron chi connectivity index (χ0n) is 19.5. The number of rotatable bonds is 4. The van der Waals surface area contributed by atoms with Crippen molar-refractivity contribution in [3.8, 4) is 0 Å². The molecule has 1 fully saturated rings. The monoisotopic (exact) mass is 538 g/mol. The Morgan fingerprint density at radius 3 is 2.56 bits per heavy atom. The Bertz CT molecular complexity index is 1350. The van der Waals surface area contributed by atoms with Gasteiger partial charge in [0.15, 0.2) is 0 Å². The van der Waals surface area contributed by atoms with E-state index in [4.69, 9.17) is 33.2 Å². The number of anilines is 1. The van der Waals surface area contributed by atoms with Gasteiger partial charge in [0, 0.05) is 42.0 Å². The van der Waals surface area contributed by atoms with Crippen LogP contribution in [0.2, 0.25) is 10.0 Å². The highest BCUT2D eigenvalue weighted by molar-refractivity contribution is 7.89. The van der Waals surface area contributed by atoms with E-state index in [1.54, 1.807) is 17.4 Å². The Kier molecular flexibility index (Phi) is 6.57. The maximum absolute atomic E-state index is 13.3. The molecule has 182 valence electrons. The molecule has 3 heterocycles. The van der Waals surface area contributed by atoms with Gasteiger partial charge in [-0.3, -0.25) is 0 Å². The summed E-state index contributed by atoms with van der Waals surface area (Å²) in [4.78, 5) is 14.7. The molecule has 3 aromatic rings. The van der Waals surface area contributed by atoms with E-state index in [9.17, 15) is 8.42 Å². The molecule has 0 N–H and O–H groups in total. The van der Waals surface area contributed by atoms with E-state index in [1.165, 1.54) is 38.7 Å². The average Bonchev–Trinajstić information content (AvgIpc) is 3.17. The van der Waals surface area contributed by atoms with Gasteiger partial charge in [-0.2, -0.15) is 4.31 Å². The average molecular weight is 540 g/mol. The van der Waals surface area contributed by atoms with Crippen LogP contribution in [0.5, 0.6) is 0 Å². The van der Waals surface area contributed by atoms with Crippen molar-refractivity contribution < 1.29 is 8.42 Å². The number of hydrogen-bond acceptors (Lipinski definition) is 6. The van der Waals surface area contributed by atoms with E-state index >= 15 is 0 Å². The highest BCUT2D eigenvalue weighted by Crippen LogP contribution is 2.42. The lowest BCUT2D eigenvalue weighted by Crippen LogP contribution is -2.49. The maximum atomic E-state index is 13.3. The summed E-state index contributed by atoms with van der Waals surface area (Å²) in [6.45, 7) is 8.36. The number of nitrogens with zero attached hydrogens (tertiary/aromatic N) is 4. The summed E-state index contributed by atoms with van der Waals surface area (Å²) in [6, 6.07) is 4.54. The quantitative estimate of drug-likeness (QED) is 0.422. The summed E-state index contributed by atoms with van der Waals surface area (Å²) in [5, 5.41) is 1.71. The van der Waals surface area contributed by atoms with Gasteiger partial charge >= 0.3 is 0 Å². The Morgan fingerprint density at radius 2 is 1.85 bits per heavy atom. The molecule has 2 aliphatic rings. The van der Waals surface area contributed by atoms with Gasteiger partial charge in [0.05, 0.1) is 10.4 Å². The summed E-state index contributed by atoms with van der Waals surface area (Å²) in [5.41, 5.74) is 1.39. The van der Waals surface area contributed by atoms with Crippen molar-refractivity contribution in [2.24, 2.45) is 5.92 Å². The second-order valence-corrected chi connectivity index (χ2v) is 13.4. The first-order valence-corrected chi connectivity index (χ1v) is 14.7. The Balaban J connectivity index is 1.47. The normalized spacial score (nSPS) is 19.7. The molecule has 34 heavy (non-hydrogen) atoms. The fourth-order valence-corrected chi connectivity index (χ4v) is 8.32. The molecule has 1 unspecified atom stereocenters. The third-order valence-corrected chi connectivity index (χ3v) is 10.5. The largest absolute Gasteiger partial charge is 0.353 e. The van der Waals surface area contributed by atoms with Gasteiger partial charge in [-0.1, -0.05) is 44.0 Å². The lowest BCUT2D eigenvalue weighted by molar-refractivity contribution is 0.384. The van der Waals surface area contributed by atoms with Gasteiger partial charge in [0.2, 0.25) is 10.0 Å². The third-order valence-electron chi connectivity index (χ3n) is 6.72. The predicted octanol–water partition coefficient (Wildman–Crippen LogP) is 5.76. The van der Waals surface area contributed by atoms with Crippen molar-refractivity contribution in [2.45, 2.75) is 50.8 Å². The molecular formula is C24H28Cl2N4O2S2. The van der Waals surface area contributed by atoms with E-state index < -0.39 is 10.0 Å². The molecular weight excluding hydrogens is 511 g/mol. The number of thiophene rings is 1. The number of piperazine rings is 1. The Morgan fingerprint density at radius 1 is 1.12 bits per heavy atom. The lowest BCUT2D eigenvalue weighted by Gasteiger charge is -2.35. The standard InChI is InChI=1S/C24H28Cl2N4O2S2/c1-14(2)22-27-23(21-17-6-4-15(3)12-19(17)33-24(21)28-22)29-8-10-30(11-9-29)34(31,32)20-13-16(25)5-7-18(20)26/h5,7,13-15H,4,6,8-12H2,1-3H3. The number of fused-ring (bicyclic) bond motifs is 3. The van der Waals surface area contributed by atoms with Gasteiger partial charge in [0.1, 0.15) is 21.4 Å². The molecule has 1 aliphatic carbocycles. The molecule has 0 bridgehead atoms. The SMILES string of the molecule is CC1CCc2c(sc3nc(C(C)C)nc(N4CCN(S(=O)(=O)c5cc(Cl)ccc5Cl)CC4)c23)C1. The van der Waals surface area contributed by atoms with Crippen LogP contribution < -0.4 is 4.90 Å². The Hall–Kier alpha value is -1.45. The summed E-state index contributed by atoms with van der Waals surface area (Å²) in [7, 11) is -3.74. The summed E-state index contributed by atoms with van der Waals surface area (Å²) in [6.07, 6.45) is 3.32. The molecule has 10 heteroatoms. The highest BCUT2D eigenvalue weighted by atomic mass is 35.5. The minimum atomic E-state index is -3.74. The molecule has 1 aliphatic heterocycles. The molecule has 0 amide bonds. The molecule has 0 saturated carbocycles. The predicted molar refractivity (Wildman–Crippen MR) is 140 cm³/mol. The van der Waals surface area contributed by atoms with Crippen molar-refractivity contribution in [3.05, 3.63) is 44.5 Å². The van der Waals surface area contributed by atoms with Gasteiger partial charge in [-0.05, 0) is 48.9 Å². The van der Waals surface area contributed by atoms with Crippen LogP contribution in [0.3, 0.4) is 0 Å². The molecule has 6 nitrogen and oxygen atoms in total. The van der Waals surface area contributed by atoms with E-state index in [-0.39, 0.29) is 15.8 Å². The van der Waals surface area contributed by atoms with Crippen molar-refractivity contribution >= 4 is 60.6 Å². The minimum Gasteiger partial charge on any atom is -0.353 e. The second kappa shape index (κ2) is 9.21. The maximum Gasteiger partial charge on any atom is 0.244 e. The molecule has 0 radical (unpaired) electrons. The molecule has 1 atom stereocenters. The summed E-state index contributed by atoms with van der Waals surface area (Å²) in [5.74, 6) is 2.70. The number of halogens is 2. The molecule has 1 saturated heterocycles. The molecule has 1 aromatic carbocycles.